The Morgan fingerprint density at radius 2 is 1.57 bits per heavy atom. The van der Waals surface area contributed by atoms with Crippen LogP contribution >= 0.6 is 0 Å². The molecule has 1 aromatic heterocycles. The molecule has 0 radical (unpaired) electrons. The minimum absolute atomic E-state index is 0.0436. The van der Waals surface area contributed by atoms with Crippen molar-refractivity contribution < 1.29 is 26.4 Å². The van der Waals surface area contributed by atoms with Crippen molar-refractivity contribution in [1.82, 2.24) is 14.2 Å². The fourth-order valence-corrected chi connectivity index (χ4v) is 7.29. The van der Waals surface area contributed by atoms with E-state index in [4.69, 9.17) is 0 Å². The van der Waals surface area contributed by atoms with E-state index in [1.54, 1.807) is 13.8 Å². The van der Waals surface area contributed by atoms with E-state index in [1.165, 1.54) is 21.3 Å². The molecular formula is C32H36F3N3O3S. The van der Waals surface area contributed by atoms with Crippen LogP contribution in [0.25, 0.3) is 10.9 Å². The Balaban J connectivity index is 1.63. The Bertz CT molecular complexity index is 1640. The lowest BCUT2D eigenvalue weighted by atomic mass is 10.1. The summed E-state index contributed by atoms with van der Waals surface area (Å²) in [6, 6.07) is 16.1. The summed E-state index contributed by atoms with van der Waals surface area (Å²) in [6.45, 7) is 7.31. The number of alkyl halides is 3. The number of nitrogens with zero attached hydrogens (tertiary/aromatic N) is 2. The van der Waals surface area contributed by atoms with Gasteiger partial charge in [-0.2, -0.15) is 17.5 Å². The normalized spacial score (nSPS) is 12.3. The van der Waals surface area contributed by atoms with Crippen LogP contribution in [0.5, 0.6) is 0 Å². The average molecular weight is 600 g/mol. The van der Waals surface area contributed by atoms with Crippen LogP contribution in [0.3, 0.4) is 0 Å². The van der Waals surface area contributed by atoms with Gasteiger partial charge in [0, 0.05) is 36.7 Å². The number of halogens is 3. The van der Waals surface area contributed by atoms with Crippen molar-refractivity contribution >= 4 is 26.8 Å². The number of hydrogen-bond acceptors (Lipinski definition) is 3. The molecule has 0 bridgehead atoms. The Kier molecular flexibility index (Phi) is 9.47. The van der Waals surface area contributed by atoms with Crippen molar-refractivity contribution in [3.63, 3.8) is 0 Å². The van der Waals surface area contributed by atoms with Crippen molar-refractivity contribution in [2.75, 3.05) is 19.6 Å². The van der Waals surface area contributed by atoms with Crippen LogP contribution in [-0.2, 0) is 34.0 Å². The monoisotopic (exact) mass is 599 g/mol. The lowest BCUT2D eigenvalue weighted by Gasteiger charge is -2.28. The number of aryl methyl sites for hydroxylation is 3. The fourth-order valence-electron chi connectivity index (χ4n) is 5.39. The first-order valence-electron chi connectivity index (χ1n) is 13.9. The van der Waals surface area contributed by atoms with Gasteiger partial charge in [0.25, 0.3) is 0 Å². The first-order valence-corrected chi connectivity index (χ1v) is 15.3. The van der Waals surface area contributed by atoms with Crippen LogP contribution in [0.1, 0.15) is 46.7 Å². The summed E-state index contributed by atoms with van der Waals surface area (Å²) in [5.74, 6) is -0.422. The van der Waals surface area contributed by atoms with Crippen LogP contribution in [-0.4, -0.2) is 48.1 Å². The number of aromatic amines is 1. The third kappa shape index (κ3) is 7.04. The molecule has 0 saturated carbocycles. The Hall–Kier alpha value is -3.63. The van der Waals surface area contributed by atoms with Crippen molar-refractivity contribution in [1.29, 1.82) is 0 Å². The van der Waals surface area contributed by atoms with Gasteiger partial charge in [-0.25, -0.2) is 8.42 Å². The quantitative estimate of drug-likeness (QED) is 0.207. The molecule has 0 spiro atoms. The molecule has 0 saturated heterocycles. The van der Waals surface area contributed by atoms with Gasteiger partial charge in [0.05, 0.1) is 17.0 Å². The van der Waals surface area contributed by atoms with Crippen LogP contribution in [0.4, 0.5) is 13.2 Å². The molecule has 0 atom stereocenters. The number of fused-ring (bicyclic) bond motifs is 1. The number of carbonyl (C=O) groups is 1. The van der Waals surface area contributed by atoms with E-state index in [0.717, 1.165) is 34.2 Å². The molecule has 3 aromatic carbocycles. The second kappa shape index (κ2) is 12.7. The molecule has 42 heavy (non-hydrogen) atoms. The molecule has 1 heterocycles. The summed E-state index contributed by atoms with van der Waals surface area (Å²) in [5.41, 5.74) is 3.86. The molecule has 6 nitrogen and oxygen atoms in total. The van der Waals surface area contributed by atoms with Crippen LogP contribution in [0, 0.1) is 20.8 Å². The number of para-hydroxylation sites is 1. The van der Waals surface area contributed by atoms with Gasteiger partial charge in [-0.3, -0.25) is 4.79 Å². The number of H-pyrrole nitrogens is 1. The van der Waals surface area contributed by atoms with E-state index in [0.29, 0.717) is 29.5 Å². The highest BCUT2D eigenvalue weighted by molar-refractivity contribution is 7.89. The first-order chi connectivity index (χ1) is 19.8. The molecule has 1 amide bonds. The highest BCUT2D eigenvalue weighted by Gasteiger charge is 2.32. The lowest BCUT2D eigenvalue weighted by molar-refractivity contribution is -0.137. The van der Waals surface area contributed by atoms with Crippen LogP contribution in [0.2, 0.25) is 0 Å². The second-order valence-electron chi connectivity index (χ2n) is 10.7. The number of carbonyl (C=O) groups excluding carboxylic acids is 1. The summed E-state index contributed by atoms with van der Waals surface area (Å²) >= 11 is 0. The minimum Gasteiger partial charge on any atom is -0.361 e. The SMILES string of the molecule is CCCN(CC(=O)N(CCc1c[nH]c2ccccc12)Cc1ccc(C(F)(F)F)cc1)S(=O)(=O)c1c(C)cc(C)cc1C. The highest BCUT2D eigenvalue weighted by atomic mass is 32.2. The fraction of sp³-hybridized carbons (Fsp3) is 0.344. The predicted molar refractivity (Wildman–Crippen MR) is 159 cm³/mol. The largest absolute Gasteiger partial charge is 0.416 e. The first kappa shape index (κ1) is 31.3. The smallest absolute Gasteiger partial charge is 0.361 e. The molecule has 0 aliphatic rings. The van der Waals surface area contributed by atoms with E-state index in [-0.39, 0.29) is 31.1 Å². The van der Waals surface area contributed by atoms with Gasteiger partial charge in [-0.05, 0) is 74.1 Å². The zero-order valence-electron chi connectivity index (χ0n) is 24.3. The number of rotatable bonds is 11. The topological polar surface area (TPSA) is 73.5 Å². The van der Waals surface area contributed by atoms with Crippen molar-refractivity contribution in [3.05, 3.63) is 100 Å². The minimum atomic E-state index is -4.47. The molecule has 0 aliphatic carbocycles. The molecule has 10 heteroatoms. The summed E-state index contributed by atoms with van der Waals surface area (Å²) in [4.78, 5) is 18.8. The zero-order valence-corrected chi connectivity index (χ0v) is 25.1. The van der Waals surface area contributed by atoms with Gasteiger partial charge < -0.3 is 9.88 Å². The van der Waals surface area contributed by atoms with E-state index < -0.39 is 27.7 Å². The van der Waals surface area contributed by atoms with Gasteiger partial charge >= 0.3 is 6.18 Å². The number of sulfonamides is 1. The van der Waals surface area contributed by atoms with Crippen molar-refractivity contribution in [3.8, 4) is 0 Å². The van der Waals surface area contributed by atoms with Gasteiger partial charge in [-0.15, -0.1) is 0 Å². The average Bonchev–Trinajstić information content (AvgIpc) is 3.32. The van der Waals surface area contributed by atoms with Crippen LogP contribution in [0.15, 0.2) is 71.8 Å². The number of hydrogen-bond donors (Lipinski definition) is 1. The standard InChI is InChI=1S/C32H36F3N3O3S/c1-5-15-38(42(40,41)31-23(3)17-22(2)18-24(31)4)21-30(39)37(20-25-10-12-27(13-11-25)32(33,34)35)16-14-26-19-36-29-9-7-6-8-28(26)29/h6-13,17-19,36H,5,14-16,20-21H2,1-4H3. The summed E-state index contributed by atoms with van der Waals surface area (Å²) in [6.07, 6.45) is -1.61. The Morgan fingerprint density at radius 3 is 2.19 bits per heavy atom. The third-order valence-electron chi connectivity index (χ3n) is 7.32. The van der Waals surface area contributed by atoms with E-state index in [1.807, 2.05) is 56.4 Å². The maximum atomic E-state index is 13.9. The van der Waals surface area contributed by atoms with Gasteiger partial charge in [0.2, 0.25) is 15.9 Å². The molecule has 0 aliphatic heterocycles. The zero-order chi connectivity index (χ0) is 30.7. The maximum absolute atomic E-state index is 13.9. The number of amides is 1. The van der Waals surface area contributed by atoms with E-state index >= 15 is 0 Å². The molecule has 0 fully saturated rings. The van der Waals surface area contributed by atoms with Gasteiger partial charge in [0.1, 0.15) is 0 Å². The van der Waals surface area contributed by atoms with Gasteiger partial charge in [0.15, 0.2) is 0 Å². The summed E-state index contributed by atoms with van der Waals surface area (Å²) in [5, 5.41) is 1.01. The third-order valence-corrected chi connectivity index (χ3v) is 9.47. The Labute approximate surface area is 245 Å². The second-order valence-corrected chi connectivity index (χ2v) is 12.6. The molecular weight excluding hydrogens is 563 g/mol. The lowest BCUT2D eigenvalue weighted by Crippen LogP contribution is -2.44. The van der Waals surface area contributed by atoms with Crippen molar-refractivity contribution in [2.24, 2.45) is 0 Å². The van der Waals surface area contributed by atoms with E-state index in [9.17, 15) is 26.4 Å². The maximum Gasteiger partial charge on any atom is 0.416 e. The van der Waals surface area contributed by atoms with Crippen LogP contribution < -0.4 is 0 Å². The molecule has 4 rings (SSSR count). The highest BCUT2D eigenvalue weighted by Crippen LogP contribution is 2.30. The predicted octanol–water partition coefficient (Wildman–Crippen LogP) is 6.78. The van der Waals surface area contributed by atoms with Gasteiger partial charge in [-0.1, -0.05) is 55.0 Å². The van der Waals surface area contributed by atoms with E-state index in [2.05, 4.69) is 4.98 Å². The van der Waals surface area contributed by atoms with Crippen molar-refractivity contribution in [2.45, 2.75) is 58.2 Å². The molecule has 4 aromatic rings. The Morgan fingerprint density at radius 1 is 0.929 bits per heavy atom. The molecule has 1 N–H and O–H groups in total. The number of aromatic nitrogens is 1. The number of benzene rings is 3. The summed E-state index contributed by atoms with van der Waals surface area (Å²) < 4.78 is 68.3. The molecule has 0 unspecified atom stereocenters. The summed E-state index contributed by atoms with van der Waals surface area (Å²) in [7, 11) is -4.00. The number of nitrogens with one attached hydrogen (secondary N) is 1. The molecule has 224 valence electrons.